The van der Waals surface area contributed by atoms with E-state index in [1.54, 1.807) is 44.2 Å². The van der Waals surface area contributed by atoms with Crippen molar-refractivity contribution < 1.29 is 19.1 Å². The van der Waals surface area contributed by atoms with Gasteiger partial charge in [-0.1, -0.05) is 11.6 Å². The number of ether oxygens (including phenoxy) is 2. The maximum atomic E-state index is 11.9. The zero-order valence-electron chi connectivity index (χ0n) is 13.9. The molecule has 0 saturated carbocycles. The van der Waals surface area contributed by atoms with Crippen molar-refractivity contribution >= 4 is 34.9 Å². The molecule has 7 heteroatoms. The van der Waals surface area contributed by atoms with E-state index in [9.17, 15) is 9.59 Å². The number of nitrogens with two attached hydrogens (primary N) is 1. The van der Waals surface area contributed by atoms with Crippen LogP contribution in [0.2, 0.25) is 5.02 Å². The molecule has 0 bridgehead atoms. The quantitative estimate of drug-likeness (QED) is 0.606. The third-order valence-corrected chi connectivity index (χ3v) is 3.33. The van der Waals surface area contributed by atoms with E-state index in [2.05, 4.69) is 5.32 Å². The minimum absolute atomic E-state index is 0.237. The first kappa shape index (κ1) is 18.6. The van der Waals surface area contributed by atoms with Crippen LogP contribution in [0.3, 0.4) is 0 Å². The largest absolute Gasteiger partial charge is 0.482 e. The Bertz CT molecular complexity index is 760. The van der Waals surface area contributed by atoms with Crippen molar-refractivity contribution in [3.63, 3.8) is 0 Å². The first-order valence-corrected chi connectivity index (χ1v) is 8.01. The van der Waals surface area contributed by atoms with Crippen molar-refractivity contribution in [2.75, 3.05) is 17.7 Å². The summed E-state index contributed by atoms with van der Waals surface area (Å²) in [5.74, 6) is -0.605. The van der Waals surface area contributed by atoms with Gasteiger partial charge in [0.1, 0.15) is 5.75 Å². The SMILES string of the molecule is CC(C)OC(=O)c1ccc(N)c(OCC(=O)Nc2ccc(Cl)cc2)c1. The summed E-state index contributed by atoms with van der Waals surface area (Å²) in [5.41, 5.74) is 7.04. The Morgan fingerprint density at radius 1 is 1.16 bits per heavy atom. The van der Waals surface area contributed by atoms with E-state index in [0.717, 1.165) is 0 Å². The maximum Gasteiger partial charge on any atom is 0.338 e. The van der Waals surface area contributed by atoms with Crippen molar-refractivity contribution in [3.8, 4) is 5.75 Å². The number of benzene rings is 2. The van der Waals surface area contributed by atoms with Gasteiger partial charge in [0.25, 0.3) is 5.91 Å². The molecular weight excluding hydrogens is 344 g/mol. The van der Waals surface area contributed by atoms with Gasteiger partial charge in [-0.2, -0.15) is 0 Å². The second kappa shape index (κ2) is 8.39. The second-order valence-corrected chi connectivity index (χ2v) is 5.99. The normalized spacial score (nSPS) is 10.4. The van der Waals surface area contributed by atoms with Crippen molar-refractivity contribution in [1.82, 2.24) is 0 Å². The zero-order chi connectivity index (χ0) is 18.4. The van der Waals surface area contributed by atoms with Gasteiger partial charge in [0.15, 0.2) is 6.61 Å². The van der Waals surface area contributed by atoms with Crippen LogP contribution >= 0.6 is 11.6 Å². The highest BCUT2D eigenvalue weighted by Gasteiger charge is 2.13. The molecule has 2 rings (SSSR count). The maximum absolute atomic E-state index is 11.9. The molecule has 0 aliphatic heterocycles. The Morgan fingerprint density at radius 3 is 2.48 bits per heavy atom. The lowest BCUT2D eigenvalue weighted by atomic mass is 10.2. The van der Waals surface area contributed by atoms with Gasteiger partial charge >= 0.3 is 5.97 Å². The summed E-state index contributed by atoms with van der Waals surface area (Å²) in [6.07, 6.45) is -0.237. The summed E-state index contributed by atoms with van der Waals surface area (Å²) < 4.78 is 10.5. The molecule has 0 atom stereocenters. The summed E-state index contributed by atoms with van der Waals surface area (Å²) in [6.45, 7) is 3.26. The van der Waals surface area contributed by atoms with E-state index in [-0.39, 0.29) is 24.4 Å². The summed E-state index contributed by atoms with van der Waals surface area (Å²) in [4.78, 5) is 23.9. The van der Waals surface area contributed by atoms with Crippen LogP contribution in [0.5, 0.6) is 5.75 Å². The average molecular weight is 363 g/mol. The van der Waals surface area contributed by atoms with Crippen LogP contribution in [-0.2, 0) is 9.53 Å². The molecule has 0 radical (unpaired) electrons. The van der Waals surface area contributed by atoms with Crippen molar-refractivity contribution in [2.45, 2.75) is 20.0 Å². The molecule has 6 nitrogen and oxygen atoms in total. The summed E-state index contributed by atoms with van der Waals surface area (Å²) in [5, 5.41) is 3.24. The van der Waals surface area contributed by atoms with Gasteiger partial charge in [0, 0.05) is 10.7 Å². The number of amides is 1. The van der Waals surface area contributed by atoms with Gasteiger partial charge in [-0.05, 0) is 56.3 Å². The van der Waals surface area contributed by atoms with Crippen molar-refractivity contribution in [2.24, 2.45) is 0 Å². The highest BCUT2D eigenvalue weighted by atomic mass is 35.5. The Kier molecular flexibility index (Phi) is 6.25. The first-order chi connectivity index (χ1) is 11.8. The number of halogens is 1. The molecule has 2 aromatic carbocycles. The number of nitrogens with one attached hydrogen (secondary N) is 1. The van der Waals surface area contributed by atoms with Gasteiger partial charge in [-0.15, -0.1) is 0 Å². The minimum Gasteiger partial charge on any atom is -0.482 e. The number of hydrogen-bond acceptors (Lipinski definition) is 5. The third-order valence-electron chi connectivity index (χ3n) is 3.08. The number of esters is 1. The van der Waals surface area contributed by atoms with E-state index >= 15 is 0 Å². The van der Waals surface area contributed by atoms with Gasteiger partial charge in [0.2, 0.25) is 0 Å². The van der Waals surface area contributed by atoms with E-state index in [1.807, 2.05) is 0 Å². The van der Waals surface area contributed by atoms with Gasteiger partial charge < -0.3 is 20.5 Å². The first-order valence-electron chi connectivity index (χ1n) is 7.64. The van der Waals surface area contributed by atoms with Crippen molar-refractivity contribution in [1.29, 1.82) is 0 Å². The summed E-state index contributed by atoms with van der Waals surface area (Å²) >= 11 is 5.79. The Hall–Kier alpha value is -2.73. The lowest BCUT2D eigenvalue weighted by Gasteiger charge is -2.12. The molecule has 0 aliphatic carbocycles. The molecule has 0 aromatic heterocycles. The van der Waals surface area contributed by atoms with Crippen LogP contribution in [0.15, 0.2) is 42.5 Å². The van der Waals surface area contributed by atoms with E-state index in [4.69, 9.17) is 26.8 Å². The molecule has 2 aromatic rings. The molecule has 0 fully saturated rings. The van der Waals surface area contributed by atoms with Crippen LogP contribution in [0, 0.1) is 0 Å². The number of nitrogen functional groups attached to an aromatic ring is 1. The number of hydrogen-bond donors (Lipinski definition) is 2. The van der Waals surface area contributed by atoms with Gasteiger partial charge in [0.05, 0.1) is 17.4 Å². The second-order valence-electron chi connectivity index (χ2n) is 5.55. The van der Waals surface area contributed by atoms with Crippen molar-refractivity contribution in [3.05, 3.63) is 53.1 Å². The van der Waals surface area contributed by atoms with E-state index in [1.165, 1.54) is 12.1 Å². The topological polar surface area (TPSA) is 90.7 Å². The zero-order valence-corrected chi connectivity index (χ0v) is 14.7. The third kappa shape index (κ3) is 5.69. The van der Waals surface area contributed by atoms with Gasteiger partial charge in [-0.3, -0.25) is 4.79 Å². The molecule has 132 valence electrons. The van der Waals surface area contributed by atoms with Crippen LogP contribution in [0.25, 0.3) is 0 Å². The van der Waals surface area contributed by atoms with E-state index < -0.39 is 5.97 Å². The molecule has 0 saturated heterocycles. The Balaban J connectivity index is 1.98. The fourth-order valence-corrected chi connectivity index (χ4v) is 2.07. The minimum atomic E-state index is -0.481. The molecule has 0 heterocycles. The monoisotopic (exact) mass is 362 g/mol. The fourth-order valence-electron chi connectivity index (χ4n) is 1.94. The smallest absolute Gasteiger partial charge is 0.338 e. The van der Waals surface area contributed by atoms with E-state index in [0.29, 0.717) is 22.0 Å². The Morgan fingerprint density at radius 2 is 1.84 bits per heavy atom. The summed E-state index contributed by atoms with van der Waals surface area (Å²) in [6, 6.07) is 11.2. The average Bonchev–Trinajstić information content (AvgIpc) is 2.55. The number of carbonyl (C=O) groups excluding carboxylic acids is 2. The van der Waals surface area contributed by atoms with Gasteiger partial charge in [-0.25, -0.2) is 4.79 Å². The highest BCUT2D eigenvalue weighted by Crippen LogP contribution is 2.23. The molecule has 0 aliphatic rings. The molecule has 25 heavy (non-hydrogen) atoms. The molecule has 0 unspecified atom stereocenters. The Labute approximate surface area is 150 Å². The molecule has 0 spiro atoms. The highest BCUT2D eigenvalue weighted by molar-refractivity contribution is 6.30. The van der Waals surface area contributed by atoms with Crippen LogP contribution in [0.1, 0.15) is 24.2 Å². The molecule has 3 N–H and O–H groups in total. The summed E-state index contributed by atoms with van der Waals surface area (Å²) in [7, 11) is 0. The lowest BCUT2D eigenvalue weighted by molar-refractivity contribution is -0.118. The predicted octanol–water partition coefficient (Wildman–Crippen LogP) is 3.50. The number of rotatable bonds is 6. The predicted molar refractivity (Wildman–Crippen MR) is 97.0 cm³/mol. The molecule has 1 amide bonds. The standard InChI is InChI=1S/C18H19ClN2O4/c1-11(2)25-18(23)12-3-8-15(20)16(9-12)24-10-17(22)21-14-6-4-13(19)5-7-14/h3-9,11H,10,20H2,1-2H3,(H,21,22). The van der Waals surface area contributed by atoms with Crippen LogP contribution < -0.4 is 15.8 Å². The number of carbonyl (C=O) groups is 2. The van der Waals surface area contributed by atoms with Crippen LogP contribution in [-0.4, -0.2) is 24.6 Å². The molecular formula is C18H19ClN2O4. The fraction of sp³-hybridized carbons (Fsp3) is 0.222. The van der Waals surface area contributed by atoms with Crippen LogP contribution in [0.4, 0.5) is 11.4 Å². The lowest BCUT2D eigenvalue weighted by Crippen LogP contribution is -2.20. The number of anilines is 2.